The van der Waals surface area contributed by atoms with Crippen molar-refractivity contribution in [2.75, 3.05) is 19.7 Å². The zero-order valence-electron chi connectivity index (χ0n) is 9.05. The van der Waals surface area contributed by atoms with Crippen molar-refractivity contribution in [1.82, 2.24) is 5.32 Å². The average Bonchev–Trinajstić information content (AvgIpc) is 2.38. The van der Waals surface area contributed by atoms with Gasteiger partial charge in [0.2, 0.25) is 0 Å². The molecule has 1 rings (SSSR count). The first-order valence-corrected chi connectivity index (χ1v) is 5.20. The van der Waals surface area contributed by atoms with Crippen LogP contribution in [0, 0.1) is 0 Å². The molecule has 0 aromatic carbocycles. The minimum Gasteiger partial charge on any atom is -0.492 e. The van der Waals surface area contributed by atoms with E-state index in [4.69, 9.17) is 4.74 Å². The molecule has 0 radical (unpaired) electrons. The van der Waals surface area contributed by atoms with Crippen LogP contribution in [0.4, 0.5) is 0 Å². The Bertz CT molecular complexity index is 251. The van der Waals surface area contributed by atoms with Crippen molar-refractivity contribution in [2.24, 2.45) is 0 Å². The zero-order valence-corrected chi connectivity index (χ0v) is 9.05. The second kappa shape index (κ2) is 6.44. The predicted octanol–water partition coefficient (Wildman–Crippen LogP) is 2.40. The van der Waals surface area contributed by atoms with Gasteiger partial charge in [0.1, 0.15) is 12.4 Å². The summed E-state index contributed by atoms with van der Waals surface area (Å²) in [6.45, 7) is 6.86. The van der Waals surface area contributed by atoms with E-state index in [2.05, 4.69) is 31.3 Å². The summed E-state index contributed by atoms with van der Waals surface area (Å²) in [7, 11) is 0. The van der Waals surface area contributed by atoms with Gasteiger partial charge in [-0.25, -0.2) is 0 Å². The lowest BCUT2D eigenvalue weighted by Gasteiger charge is -2.05. The first kappa shape index (κ1) is 11.1. The average molecular weight is 193 g/mol. The molecule has 0 aromatic rings. The number of hydrogen-bond donors (Lipinski definition) is 1. The van der Waals surface area contributed by atoms with E-state index in [0.29, 0.717) is 0 Å². The van der Waals surface area contributed by atoms with Gasteiger partial charge < -0.3 is 10.1 Å². The first-order valence-electron chi connectivity index (χ1n) is 5.20. The quantitative estimate of drug-likeness (QED) is 0.677. The Labute approximate surface area is 86.3 Å². The summed E-state index contributed by atoms with van der Waals surface area (Å²) in [4.78, 5) is 0. The Balaban J connectivity index is 2.30. The second-order valence-electron chi connectivity index (χ2n) is 3.39. The Kier molecular flexibility index (Phi) is 5.08. The molecule has 0 heterocycles. The molecule has 0 aliphatic heterocycles. The zero-order chi connectivity index (χ0) is 10.2. The van der Waals surface area contributed by atoms with E-state index >= 15 is 0 Å². The molecule has 0 aromatic heterocycles. The van der Waals surface area contributed by atoms with Crippen LogP contribution in [0.5, 0.6) is 0 Å². The molecule has 1 aliphatic carbocycles. The molecule has 0 unspecified atom stereocenters. The summed E-state index contributed by atoms with van der Waals surface area (Å²) in [6.07, 6.45) is 9.35. The number of ether oxygens (including phenoxy) is 1. The highest BCUT2D eigenvalue weighted by Crippen LogP contribution is 2.10. The number of allylic oxidation sites excluding steroid dienone is 5. The van der Waals surface area contributed by atoms with Crippen molar-refractivity contribution in [2.45, 2.75) is 20.3 Å². The molecule has 0 fully saturated rings. The van der Waals surface area contributed by atoms with Gasteiger partial charge in [0.05, 0.1) is 0 Å². The summed E-state index contributed by atoms with van der Waals surface area (Å²) < 4.78 is 5.58. The number of likely N-dealkylation sites (N-methyl/N-ethyl adjacent to an activating group) is 1. The van der Waals surface area contributed by atoms with Gasteiger partial charge >= 0.3 is 0 Å². The van der Waals surface area contributed by atoms with Crippen LogP contribution in [0.2, 0.25) is 0 Å². The summed E-state index contributed by atoms with van der Waals surface area (Å²) >= 11 is 0. The smallest absolute Gasteiger partial charge is 0.119 e. The lowest BCUT2D eigenvalue weighted by Crippen LogP contribution is -2.18. The SMILES string of the molecule is CCNCCOC1=CC=C(C)CC=C1. The number of rotatable bonds is 5. The number of hydrogen-bond acceptors (Lipinski definition) is 2. The standard InChI is InChI=1S/C12H19NO/c1-3-13-9-10-14-12-6-4-5-11(2)7-8-12/h4,6-8,13H,3,5,9-10H2,1-2H3. The van der Waals surface area contributed by atoms with Gasteiger partial charge in [-0.1, -0.05) is 24.6 Å². The van der Waals surface area contributed by atoms with Crippen LogP contribution in [-0.2, 0) is 4.74 Å². The Morgan fingerprint density at radius 1 is 1.43 bits per heavy atom. The van der Waals surface area contributed by atoms with E-state index in [1.54, 1.807) is 0 Å². The first-order chi connectivity index (χ1) is 6.83. The lowest BCUT2D eigenvalue weighted by atomic mass is 10.2. The Morgan fingerprint density at radius 3 is 3.07 bits per heavy atom. The van der Waals surface area contributed by atoms with Crippen LogP contribution in [0.25, 0.3) is 0 Å². The van der Waals surface area contributed by atoms with E-state index in [-0.39, 0.29) is 0 Å². The topological polar surface area (TPSA) is 21.3 Å². The summed E-state index contributed by atoms with van der Waals surface area (Å²) in [5.74, 6) is 0.958. The van der Waals surface area contributed by atoms with Crippen molar-refractivity contribution in [3.63, 3.8) is 0 Å². The van der Waals surface area contributed by atoms with Gasteiger partial charge in [-0.2, -0.15) is 0 Å². The van der Waals surface area contributed by atoms with Gasteiger partial charge in [0.25, 0.3) is 0 Å². The number of nitrogens with one attached hydrogen (secondary N) is 1. The fraction of sp³-hybridized carbons (Fsp3) is 0.500. The molecule has 0 saturated heterocycles. The molecule has 0 spiro atoms. The Hall–Kier alpha value is -1.02. The van der Waals surface area contributed by atoms with Gasteiger partial charge in [-0.3, -0.25) is 0 Å². The highest BCUT2D eigenvalue weighted by molar-refractivity contribution is 5.26. The van der Waals surface area contributed by atoms with E-state index < -0.39 is 0 Å². The van der Waals surface area contributed by atoms with Crippen LogP contribution < -0.4 is 5.32 Å². The highest BCUT2D eigenvalue weighted by Gasteiger charge is 1.96. The largest absolute Gasteiger partial charge is 0.492 e. The molecule has 2 nitrogen and oxygen atoms in total. The van der Waals surface area contributed by atoms with Crippen molar-refractivity contribution in [1.29, 1.82) is 0 Å². The summed E-state index contributed by atoms with van der Waals surface area (Å²) in [5, 5.41) is 3.22. The van der Waals surface area contributed by atoms with Crippen LogP contribution in [-0.4, -0.2) is 19.7 Å². The fourth-order valence-corrected chi connectivity index (χ4v) is 1.22. The van der Waals surface area contributed by atoms with Crippen molar-refractivity contribution < 1.29 is 4.74 Å². The van der Waals surface area contributed by atoms with Crippen LogP contribution in [0.15, 0.2) is 35.6 Å². The normalized spacial score (nSPS) is 15.9. The van der Waals surface area contributed by atoms with Crippen molar-refractivity contribution in [3.05, 3.63) is 35.6 Å². The molecule has 0 saturated carbocycles. The van der Waals surface area contributed by atoms with Gasteiger partial charge in [0, 0.05) is 6.54 Å². The molecule has 14 heavy (non-hydrogen) atoms. The van der Waals surface area contributed by atoms with E-state index in [1.807, 2.05) is 12.2 Å². The molecule has 0 bridgehead atoms. The second-order valence-corrected chi connectivity index (χ2v) is 3.39. The fourth-order valence-electron chi connectivity index (χ4n) is 1.22. The third-order valence-electron chi connectivity index (χ3n) is 2.05. The maximum atomic E-state index is 5.58. The van der Waals surface area contributed by atoms with Gasteiger partial charge in [-0.15, -0.1) is 0 Å². The van der Waals surface area contributed by atoms with Crippen LogP contribution >= 0.6 is 0 Å². The highest BCUT2D eigenvalue weighted by atomic mass is 16.5. The summed E-state index contributed by atoms with van der Waals surface area (Å²) in [5.41, 5.74) is 1.37. The molecule has 1 aliphatic rings. The van der Waals surface area contributed by atoms with E-state index in [0.717, 1.165) is 31.9 Å². The third-order valence-corrected chi connectivity index (χ3v) is 2.05. The van der Waals surface area contributed by atoms with E-state index in [9.17, 15) is 0 Å². The van der Waals surface area contributed by atoms with Crippen LogP contribution in [0.1, 0.15) is 20.3 Å². The minimum atomic E-state index is 0.733. The minimum absolute atomic E-state index is 0.733. The van der Waals surface area contributed by atoms with Crippen molar-refractivity contribution >= 4 is 0 Å². The molecule has 0 atom stereocenters. The molecular formula is C12H19NO. The maximum absolute atomic E-state index is 5.58. The van der Waals surface area contributed by atoms with Gasteiger partial charge in [0.15, 0.2) is 0 Å². The Morgan fingerprint density at radius 2 is 2.29 bits per heavy atom. The predicted molar refractivity (Wildman–Crippen MR) is 60.1 cm³/mol. The third kappa shape index (κ3) is 4.28. The van der Waals surface area contributed by atoms with E-state index in [1.165, 1.54) is 5.57 Å². The lowest BCUT2D eigenvalue weighted by molar-refractivity contribution is 0.225. The summed E-state index contributed by atoms with van der Waals surface area (Å²) in [6, 6.07) is 0. The molecule has 2 heteroatoms. The van der Waals surface area contributed by atoms with Gasteiger partial charge in [-0.05, 0) is 32.0 Å². The molecule has 78 valence electrons. The molecular weight excluding hydrogens is 174 g/mol. The maximum Gasteiger partial charge on any atom is 0.119 e. The van der Waals surface area contributed by atoms with Crippen molar-refractivity contribution in [3.8, 4) is 0 Å². The molecule has 0 amide bonds. The monoisotopic (exact) mass is 193 g/mol. The van der Waals surface area contributed by atoms with Crippen LogP contribution in [0.3, 0.4) is 0 Å². The molecule has 1 N–H and O–H groups in total.